The Hall–Kier alpha value is -1.69. The lowest BCUT2D eigenvalue weighted by molar-refractivity contribution is 0.196. The van der Waals surface area contributed by atoms with Crippen molar-refractivity contribution in [2.24, 2.45) is 0 Å². The summed E-state index contributed by atoms with van der Waals surface area (Å²) in [7, 11) is 1.53. The monoisotopic (exact) mass is 258 g/mol. The molecule has 0 heterocycles. The van der Waals surface area contributed by atoms with E-state index < -0.39 is 11.6 Å². The molecule has 0 bridgehead atoms. The van der Waals surface area contributed by atoms with Gasteiger partial charge >= 0.3 is 6.03 Å². The van der Waals surface area contributed by atoms with Crippen LogP contribution in [0.2, 0.25) is 0 Å². The number of urea groups is 1. The summed E-state index contributed by atoms with van der Waals surface area (Å²) in [5, 5.41) is 5.04. The Morgan fingerprint density at radius 1 is 1.22 bits per heavy atom. The van der Waals surface area contributed by atoms with E-state index in [1.54, 1.807) is 0 Å². The van der Waals surface area contributed by atoms with Crippen LogP contribution in [0.25, 0.3) is 0 Å². The van der Waals surface area contributed by atoms with E-state index in [4.69, 9.17) is 4.74 Å². The Morgan fingerprint density at radius 2 is 1.83 bits per heavy atom. The van der Waals surface area contributed by atoms with Gasteiger partial charge in [-0.15, -0.1) is 0 Å². The lowest BCUT2D eigenvalue weighted by Gasteiger charge is -2.08. The second kappa shape index (κ2) is 7.60. The number of nitrogens with one attached hydrogen (secondary N) is 2. The van der Waals surface area contributed by atoms with E-state index in [9.17, 15) is 13.6 Å². The molecule has 0 saturated heterocycles. The number of carbonyl (C=O) groups excluding carboxylic acids is 1. The molecule has 0 saturated carbocycles. The highest BCUT2D eigenvalue weighted by Crippen LogP contribution is 2.11. The standard InChI is InChI=1S/C12H16F2N2O2/c1-18-8-7-16-12(17)15-6-5-9-10(13)3-2-4-11(9)14/h2-4H,5-8H2,1H3,(H2,15,16,17). The van der Waals surface area contributed by atoms with Gasteiger partial charge in [-0.3, -0.25) is 0 Å². The van der Waals surface area contributed by atoms with Crippen molar-refractivity contribution in [1.82, 2.24) is 10.6 Å². The molecule has 1 rings (SSSR count). The van der Waals surface area contributed by atoms with Gasteiger partial charge in [0.05, 0.1) is 6.61 Å². The second-order valence-corrected chi connectivity index (χ2v) is 3.63. The van der Waals surface area contributed by atoms with Crippen LogP contribution < -0.4 is 10.6 Å². The minimum atomic E-state index is -0.600. The van der Waals surface area contributed by atoms with Crippen molar-refractivity contribution in [3.05, 3.63) is 35.4 Å². The van der Waals surface area contributed by atoms with Gasteiger partial charge in [-0.05, 0) is 18.6 Å². The summed E-state index contributed by atoms with van der Waals surface area (Å²) in [6.07, 6.45) is 0.107. The Labute approximate surface area is 104 Å². The maximum Gasteiger partial charge on any atom is 0.314 e. The molecule has 0 fully saturated rings. The summed E-state index contributed by atoms with van der Waals surface area (Å²) >= 11 is 0. The Kier molecular flexibility index (Phi) is 6.07. The van der Waals surface area contributed by atoms with Crippen molar-refractivity contribution in [2.45, 2.75) is 6.42 Å². The first-order valence-electron chi connectivity index (χ1n) is 5.58. The van der Waals surface area contributed by atoms with Crippen molar-refractivity contribution < 1.29 is 18.3 Å². The van der Waals surface area contributed by atoms with E-state index in [-0.39, 0.29) is 24.6 Å². The molecule has 0 unspecified atom stereocenters. The lowest BCUT2D eigenvalue weighted by Crippen LogP contribution is -2.38. The fourth-order valence-corrected chi connectivity index (χ4v) is 1.40. The highest BCUT2D eigenvalue weighted by Gasteiger charge is 2.08. The molecule has 0 radical (unpaired) electrons. The van der Waals surface area contributed by atoms with Gasteiger partial charge in [-0.2, -0.15) is 0 Å². The molecular formula is C12H16F2N2O2. The molecular weight excluding hydrogens is 242 g/mol. The number of amides is 2. The third-order valence-corrected chi connectivity index (χ3v) is 2.31. The number of methoxy groups -OCH3 is 1. The summed E-state index contributed by atoms with van der Waals surface area (Å²) < 4.78 is 31.2. The topological polar surface area (TPSA) is 50.4 Å². The Balaban J connectivity index is 2.31. The van der Waals surface area contributed by atoms with Gasteiger partial charge in [0.1, 0.15) is 11.6 Å². The third-order valence-electron chi connectivity index (χ3n) is 2.31. The largest absolute Gasteiger partial charge is 0.383 e. The quantitative estimate of drug-likeness (QED) is 0.759. The van der Waals surface area contributed by atoms with Crippen LogP contribution in [-0.4, -0.2) is 32.8 Å². The number of rotatable bonds is 6. The van der Waals surface area contributed by atoms with Crippen LogP contribution in [0.1, 0.15) is 5.56 Å². The van der Waals surface area contributed by atoms with Crippen LogP contribution in [0.5, 0.6) is 0 Å². The second-order valence-electron chi connectivity index (χ2n) is 3.63. The van der Waals surface area contributed by atoms with E-state index >= 15 is 0 Å². The first-order chi connectivity index (χ1) is 8.65. The molecule has 2 N–H and O–H groups in total. The molecule has 18 heavy (non-hydrogen) atoms. The minimum absolute atomic E-state index is 0.0188. The predicted molar refractivity (Wildman–Crippen MR) is 63.3 cm³/mol. The average molecular weight is 258 g/mol. The summed E-state index contributed by atoms with van der Waals surface area (Å²) in [4.78, 5) is 11.2. The summed E-state index contributed by atoms with van der Waals surface area (Å²) in [6, 6.07) is 3.30. The highest BCUT2D eigenvalue weighted by atomic mass is 19.1. The zero-order valence-corrected chi connectivity index (χ0v) is 10.1. The van der Waals surface area contributed by atoms with Crippen LogP contribution >= 0.6 is 0 Å². The van der Waals surface area contributed by atoms with Crippen LogP contribution in [0.3, 0.4) is 0 Å². The van der Waals surface area contributed by atoms with E-state index in [0.717, 1.165) is 0 Å². The summed E-state index contributed by atoms with van der Waals surface area (Å²) in [6.45, 7) is 0.961. The van der Waals surface area contributed by atoms with E-state index in [0.29, 0.717) is 13.2 Å². The molecule has 0 atom stereocenters. The number of carbonyl (C=O) groups is 1. The summed E-state index contributed by atoms with van der Waals surface area (Å²) in [5.74, 6) is -1.20. The fourth-order valence-electron chi connectivity index (χ4n) is 1.40. The predicted octanol–water partition coefficient (Wildman–Crippen LogP) is 1.45. The van der Waals surface area contributed by atoms with E-state index in [1.165, 1.54) is 25.3 Å². The SMILES string of the molecule is COCCNC(=O)NCCc1c(F)cccc1F. The van der Waals surface area contributed by atoms with Crippen molar-refractivity contribution >= 4 is 6.03 Å². The maximum atomic E-state index is 13.2. The molecule has 2 amide bonds. The summed E-state index contributed by atoms with van der Waals surface area (Å²) in [5.41, 5.74) is -0.0188. The molecule has 0 spiro atoms. The van der Waals surface area contributed by atoms with Gasteiger partial charge in [0.15, 0.2) is 0 Å². The first kappa shape index (κ1) is 14.4. The van der Waals surface area contributed by atoms with Crippen LogP contribution in [-0.2, 0) is 11.2 Å². The average Bonchev–Trinajstić information content (AvgIpc) is 2.33. The number of hydrogen-bond donors (Lipinski definition) is 2. The molecule has 0 aromatic heterocycles. The molecule has 1 aromatic carbocycles. The van der Waals surface area contributed by atoms with Crippen LogP contribution in [0, 0.1) is 11.6 Å². The normalized spacial score (nSPS) is 10.2. The maximum absolute atomic E-state index is 13.2. The van der Waals surface area contributed by atoms with Crippen molar-refractivity contribution in [3.8, 4) is 0 Å². The zero-order valence-electron chi connectivity index (χ0n) is 10.1. The van der Waals surface area contributed by atoms with Crippen molar-refractivity contribution in [2.75, 3.05) is 26.8 Å². The van der Waals surface area contributed by atoms with Gasteiger partial charge in [0.2, 0.25) is 0 Å². The van der Waals surface area contributed by atoms with E-state index in [1.807, 2.05) is 0 Å². The lowest BCUT2D eigenvalue weighted by atomic mass is 10.1. The Morgan fingerprint density at radius 3 is 2.44 bits per heavy atom. The van der Waals surface area contributed by atoms with Gasteiger partial charge in [-0.25, -0.2) is 13.6 Å². The number of hydrogen-bond acceptors (Lipinski definition) is 2. The molecule has 0 aliphatic carbocycles. The van der Waals surface area contributed by atoms with Crippen molar-refractivity contribution in [3.63, 3.8) is 0 Å². The molecule has 0 aliphatic rings. The van der Waals surface area contributed by atoms with Crippen molar-refractivity contribution in [1.29, 1.82) is 0 Å². The van der Waals surface area contributed by atoms with Crippen LogP contribution in [0.15, 0.2) is 18.2 Å². The number of ether oxygens (including phenoxy) is 1. The fraction of sp³-hybridized carbons (Fsp3) is 0.417. The van der Waals surface area contributed by atoms with Gasteiger partial charge in [0.25, 0.3) is 0 Å². The van der Waals surface area contributed by atoms with E-state index in [2.05, 4.69) is 10.6 Å². The highest BCUT2D eigenvalue weighted by molar-refractivity contribution is 5.73. The Bertz CT molecular complexity index is 379. The molecule has 100 valence electrons. The molecule has 4 nitrogen and oxygen atoms in total. The molecule has 6 heteroatoms. The van der Waals surface area contributed by atoms with Crippen LogP contribution in [0.4, 0.5) is 13.6 Å². The van der Waals surface area contributed by atoms with Gasteiger partial charge < -0.3 is 15.4 Å². The number of halogens is 2. The first-order valence-corrected chi connectivity index (χ1v) is 5.58. The number of benzene rings is 1. The zero-order chi connectivity index (χ0) is 13.4. The van der Waals surface area contributed by atoms with Gasteiger partial charge in [-0.1, -0.05) is 6.07 Å². The minimum Gasteiger partial charge on any atom is -0.383 e. The molecule has 0 aliphatic heterocycles. The third kappa shape index (κ3) is 4.67. The molecule has 1 aromatic rings. The smallest absolute Gasteiger partial charge is 0.314 e. The van der Waals surface area contributed by atoms with Gasteiger partial charge in [0, 0.05) is 25.8 Å².